The van der Waals surface area contributed by atoms with Crippen LogP contribution in [0.2, 0.25) is 0 Å². The Kier molecular flexibility index (Phi) is 9.29. The molecule has 2 N–H and O–H groups in total. The third kappa shape index (κ3) is 9.83. The summed E-state index contributed by atoms with van der Waals surface area (Å²) >= 11 is 5.34. The van der Waals surface area contributed by atoms with Crippen molar-refractivity contribution in [1.82, 2.24) is 15.5 Å². The van der Waals surface area contributed by atoms with Gasteiger partial charge in [-0.1, -0.05) is 13.8 Å². The Bertz CT molecular complexity index is 297. The van der Waals surface area contributed by atoms with Crippen molar-refractivity contribution in [2.75, 3.05) is 26.2 Å². The fraction of sp³-hybridized carbons (Fsp3) is 0.857. The van der Waals surface area contributed by atoms with Gasteiger partial charge in [0.1, 0.15) is 5.60 Å². The van der Waals surface area contributed by atoms with E-state index in [-0.39, 0.29) is 0 Å². The van der Waals surface area contributed by atoms with Gasteiger partial charge in [0, 0.05) is 26.2 Å². The van der Waals surface area contributed by atoms with Gasteiger partial charge in [0.05, 0.1) is 0 Å². The van der Waals surface area contributed by atoms with E-state index < -0.39 is 11.7 Å². The molecule has 0 heterocycles. The van der Waals surface area contributed by atoms with Gasteiger partial charge < -0.3 is 20.3 Å². The lowest BCUT2D eigenvalue weighted by atomic mass is 10.2. The normalized spacial score (nSPS) is 10.8. The van der Waals surface area contributed by atoms with Crippen LogP contribution in [0, 0.1) is 0 Å². The van der Waals surface area contributed by atoms with Crippen molar-refractivity contribution >= 4 is 23.4 Å². The van der Waals surface area contributed by atoms with Crippen LogP contribution >= 0.6 is 12.2 Å². The van der Waals surface area contributed by atoms with Crippen molar-refractivity contribution < 1.29 is 9.53 Å². The molecule has 20 heavy (non-hydrogen) atoms. The van der Waals surface area contributed by atoms with E-state index in [0.29, 0.717) is 13.1 Å². The van der Waals surface area contributed by atoms with Gasteiger partial charge in [-0.15, -0.1) is 0 Å². The number of thiocarbonyl (C=S) groups is 1. The summed E-state index contributed by atoms with van der Waals surface area (Å²) < 4.78 is 5.15. The van der Waals surface area contributed by atoms with Gasteiger partial charge in [0.25, 0.3) is 0 Å². The summed E-state index contributed by atoms with van der Waals surface area (Å²) in [5.74, 6) is 0. The van der Waals surface area contributed by atoms with Crippen molar-refractivity contribution in [2.45, 2.75) is 53.1 Å². The highest BCUT2D eigenvalue weighted by atomic mass is 32.1. The number of hydrogen-bond donors (Lipinski definition) is 2. The quantitative estimate of drug-likeness (QED) is 0.559. The zero-order chi connectivity index (χ0) is 15.6. The first kappa shape index (κ1) is 19.0. The van der Waals surface area contributed by atoms with E-state index in [0.717, 1.165) is 31.0 Å². The lowest BCUT2D eigenvalue weighted by molar-refractivity contribution is 0.0529. The fourth-order valence-corrected chi connectivity index (χ4v) is 1.90. The second kappa shape index (κ2) is 9.80. The predicted molar refractivity (Wildman–Crippen MR) is 87.0 cm³/mol. The zero-order valence-corrected chi connectivity index (χ0v) is 14.2. The minimum absolute atomic E-state index is 0.399. The average Bonchev–Trinajstić information content (AvgIpc) is 2.32. The monoisotopic (exact) mass is 303 g/mol. The number of carbonyl (C=O) groups excluding carboxylic acids is 1. The Hall–Kier alpha value is -1.04. The molecule has 0 unspecified atom stereocenters. The summed E-state index contributed by atoms with van der Waals surface area (Å²) in [4.78, 5) is 13.6. The van der Waals surface area contributed by atoms with Crippen molar-refractivity contribution in [3.05, 3.63) is 0 Å². The number of nitrogens with zero attached hydrogens (tertiary/aromatic N) is 1. The van der Waals surface area contributed by atoms with Crippen LogP contribution in [0.5, 0.6) is 0 Å². The van der Waals surface area contributed by atoms with Crippen LogP contribution in [0.25, 0.3) is 0 Å². The molecule has 5 nitrogen and oxygen atoms in total. The van der Waals surface area contributed by atoms with Gasteiger partial charge in [-0.05, 0) is 45.8 Å². The number of rotatable bonds is 7. The van der Waals surface area contributed by atoms with E-state index in [1.165, 1.54) is 0 Å². The van der Waals surface area contributed by atoms with E-state index in [4.69, 9.17) is 17.0 Å². The summed E-state index contributed by atoms with van der Waals surface area (Å²) in [6.45, 7) is 12.8. The van der Waals surface area contributed by atoms with E-state index in [1.807, 2.05) is 20.8 Å². The van der Waals surface area contributed by atoms with Crippen molar-refractivity contribution in [3.8, 4) is 0 Å². The highest BCUT2D eigenvalue weighted by Gasteiger charge is 2.15. The SMILES string of the molecule is CCCN(CCC)C(=S)NCCNC(=O)OC(C)(C)C. The molecular formula is C14H29N3O2S. The third-order valence-corrected chi connectivity index (χ3v) is 2.75. The van der Waals surface area contributed by atoms with Crippen LogP contribution in [0.4, 0.5) is 4.79 Å². The number of ether oxygens (including phenoxy) is 1. The second-order valence-corrected chi connectivity index (χ2v) is 6.03. The minimum atomic E-state index is -0.466. The average molecular weight is 303 g/mol. The van der Waals surface area contributed by atoms with Crippen molar-refractivity contribution in [3.63, 3.8) is 0 Å². The van der Waals surface area contributed by atoms with Crippen LogP contribution < -0.4 is 10.6 Å². The van der Waals surface area contributed by atoms with Gasteiger partial charge in [0.15, 0.2) is 5.11 Å². The standard InChI is InChI=1S/C14H29N3O2S/c1-6-10-17(11-7-2)12(20)15-8-9-16-13(18)19-14(3,4)5/h6-11H2,1-5H3,(H,15,20)(H,16,18). The van der Waals surface area contributed by atoms with Crippen LogP contribution in [0.1, 0.15) is 47.5 Å². The molecule has 0 aliphatic carbocycles. The lowest BCUT2D eigenvalue weighted by Crippen LogP contribution is -2.44. The fourth-order valence-electron chi connectivity index (χ4n) is 1.61. The smallest absolute Gasteiger partial charge is 0.407 e. The molecule has 0 rings (SSSR count). The molecule has 0 radical (unpaired) electrons. The first-order chi connectivity index (χ1) is 9.30. The molecule has 0 fully saturated rings. The molecule has 118 valence electrons. The molecule has 0 bridgehead atoms. The molecule has 0 saturated heterocycles. The van der Waals surface area contributed by atoms with E-state index in [2.05, 4.69) is 29.4 Å². The number of alkyl carbamates (subject to hydrolysis) is 1. The maximum absolute atomic E-state index is 11.4. The van der Waals surface area contributed by atoms with Gasteiger partial charge in [-0.2, -0.15) is 0 Å². The topological polar surface area (TPSA) is 53.6 Å². The summed E-state index contributed by atoms with van der Waals surface area (Å²) in [6.07, 6.45) is 1.74. The maximum atomic E-state index is 11.4. The molecule has 6 heteroatoms. The number of carbonyl (C=O) groups is 1. The van der Waals surface area contributed by atoms with E-state index in [1.54, 1.807) is 0 Å². The highest BCUT2D eigenvalue weighted by Crippen LogP contribution is 2.05. The molecule has 0 saturated carbocycles. The molecule has 0 aromatic rings. The summed E-state index contributed by atoms with van der Waals surface area (Å²) in [5, 5.41) is 6.60. The summed E-state index contributed by atoms with van der Waals surface area (Å²) in [7, 11) is 0. The van der Waals surface area contributed by atoms with Gasteiger partial charge in [-0.3, -0.25) is 0 Å². The number of hydrogen-bond acceptors (Lipinski definition) is 3. The molecule has 0 aromatic heterocycles. The van der Waals surface area contributed by atoms with Crippen LogP contribution in [0.3, 0.4) is 0 Å². The molecule has 0 aliphatic heterocycles. The summed E-state index contributed by atoms with van der Waals surface area (Å²) in [5.41, 5.74) is -0.466. The molecule has 0 aromatic carbocycles. The number of nitrogens with one attached hydrogen (secondary N) is 2. The van der Waals surface area contributed by atoms with Gasteiger partial charge in [0.2, 0.25) is 0 Å². The van der Waals surface area contributed by atoms with Crippen LogP contribution in [-0.4, -0.2) is 47.9 Å². The molecule has 0 atom stereocenters. The van der Waals surface area contributed by atoms with E-state index in [9.17, 15) is 4.79 Å². The zero-order valence-electron chi connectivity index (χ0n) is 13.4. The Morgan fingerprint density at radius 2 is 1.60 bits per heavy atom. The Morgan fingerprint density at radius 1 is 1.10 bits per heavy atom. The van der Waals surface area contributed by atoms with Crippen LogP contribution in [0.15, 0.2) is 0 Å². The first-order valence-corrected chi connectivity index (χ1v) is 7.70. The maximum Gasteiger partial charge on any atom is 0.407 e. The van der Waals surface area contributed by atoms with Crippen molar-refractivity contribution in [1.29, 1.82) is 0 Å². The Labute approximate surface area is 128 Å². The molecule has 0 spiro atoms. The molecular weight excluding hydrogens is 274 g/mol. The molecule has 1 amide bonds. The predicted octanol–water partition coefficient (Wildman–Crippen LogP) is 2.51. The van der Waals surface area contributed by atoms with Gasteiger partial charge >= 0.3 is 6.09 Å². The van der Waals surface area contributed by atoms with Crippen molar-refractivity contribution in [2.24, 2.45) is 0 Å². The minimum Gasteiger partial charge on any atom is -0.444 e. The third-order valence-electron chi connectivity index (χ3n) is 2.34. The van der Waals surface area contributed by atoms with Crippen LogP contribution in [-0.2, 0) is 4.74 Å². The summed E-state index contributed by atoms with van der Waals surface area (Å²) in [6, 6.07) is 0. The Balaban J connectivity index is 3.87. The van der Waals surface area contributed by atoms with Gasteiger partial charge in [-0.25, -0.2) is 4.79 Å². The second-order valence-electron chi connectivity index (χ2n) is 5.65. The lowest BCUT2D eigenvalue weighted by Gasteiger charge is -2.25. The molecule has 0 aliphatic rings. The number of amides is 1. The Morgan fingerprint density at radius 3 is 2.05 bits per heavy atom. The van der Waals surface area contributed by atoms with E-state index >= 15 is 0 Å². The first-order valence-electron chi connectivity index (χ1n) is 7.29. The highest BCUT2D eigenvalue weighted by molar-refractivity contribution is 7.80. The largest absolute Gasteiger partial charge is 0.444 e.